The normalized spacial score (nSPS) is 19.1. The maximum atomic E-state index is 15.1. The molecule has 6 atom stereocenters. The standard InChI is InChI=1S/C58H71ClN4O9/c1-35-14-16-39-30-47(35)48-32-43(17-15-36(48)2)53(52(67)28-37(3)54(68)61-49(31-39)51(66)29-38(4)55(69)63-27-11-13-46(63)34-64)62(8)56(70)44(12-9-10-26-60-57(71)72-58(5,6)7)33-50(65)42-20-18-40(19-21-42)41-22-24-45(59)25-23-41/h14-25,30,32,37-38,44,46,49,53,64H,9-13,26-29,31,33-34H2,1-8H3,(H,60,71)(H,61,68)/t37-,38-,44-,46+,49+,53+/m1/s1. The number of alkyl carbamates (subject to hydrolysis) is 1. The number of halogens is 1. The molecular formula is C58H71ClN4O9. The Kier molecular flexibility index (Phi) is 18.8. The minimum absolute atomic E-state index is 0.126. The first kappa shape index (κ1) is 55.1. The first-order valence-corrected chi connectivity index (χ1v) is 25.6. The number of fused-ring (bicyclic) bond motifs is 5. The molecule has 2 aliphatic heterocycles. The van der Waals surface area contributed by atoms with Gasteiger partial charge in [-0.25, -0.2) is 4.79 Å². The Labute approximate surface area is 429 Å². The lowest BCUT2D eigenvalue weighted by Gasteiger charge is -2.32. The van der Waals surface area contributed by atoms with E-state index in [0.29, 0.717) is 42.0 Å². The number of benzene rings is 4. The molecular weight excluding hydrogens is 932 g/mol. The minimum Gasteiger partial charge on any atom is -0.444 e. The average molecular weight is 1000 g/mol. The fourth-order valence-corrected chi connectivity index (χ4v) is 9.95. The van der Waals surface area contributed by atoms with Crippen molar-refractivity contribution in [2.24, 2.45) is 17.8 Å². The second-order valence-electron chi connectivity index (χ2n) is 20.8. The number of hydrogen-bond acceptors (Lipinski definition) is 9. The monoisotopic (exact) mass is 1000 g/mol. The van der Waals surface area contributed by atoms with E-state index in [9.17, 15) is 33.9 Å². The molecule has 0 aliphatic carbocycles. The van der Waals surface area contributed by atoms with E-state index in [1.807, 2.05) is 74.5 Å². The fraction of sp³-hybridized carbons (Fsp3) is 0.466. The van der Waals surface area contributed by atoms with E-state index >= 15 is 4.79 Å². The highest BCUT2D eigenvalue weighted by molar-refractivity contribution is 6.30. The zero-order valence-corrected chi connectivity index (χ0v) is 43.8. The van der Waals surface area contributed by atoms with Gasteiger partial charge in [0.2, 0.25) is 17.7 Å². The zero-order valence-electron chi connectivity index (χ0n) is 43.0. The van der Waals surface area contributed by atoms with Gasteiger partial charge in [-0.1, -0.05) is 98.6 Å². The van der Waals surface area contributed by atoms with Gasteiger partial charge in [0.05, 0.1) is 18.7 Å². The van der Waals surface area contributed by atoms with Gasteiger partial charge in [0, 0.05) is 67.7 Å². The van der Waals surface area contributed by atoms with Gasteiger partial charge >= 0.3 is 6.09 Å². The number of aliphatic hydroxyl groups excluding tert-OH is 1. The van der Waals surface area contributed by atoms with Crippen LogP contribution < -0.4 is 10.6 Å². The van der Waals surface area contributed by atoms with Crippen LogP contribution in [0.1, 0.15) is 125 Å². The van der Waals surface area contributed by atoms with E-state index in [4.69, 9.17) is 16.3 Å². The van der Waals surface area contributed by atoms with E-state index < -0.39 is 59.1 Å². The Morgan fingerprint density at radius 3 is 2.17 bits per heavy atom. The number of nitrogens with zero attached hydrogens (tertiary/aromatic N) is 2. The Hall–Kier alpha value is -6.18. The number of aryl methyl sites for hydroxylation is 2. The van der Waals surface area contributed by atoms with Crippen LogP contribution in [0.15, 0.2) is 84.9 Å². The average Bonchev–Trinajstić information content (AvgIpc) is 3.82. The van der Waals surface area contributed by atoms with Gasteiger partial charge in [-0.05, 0) is 129 Å². The molecule has 6 rings (SSSR count). The molecule has 0 saturated carbocycles. The summed E-state index contributed by atoms with van der Waals surface area (Å²) in [4.78, 5) is 101. The highest BCUT2D eigenvalue weighted by Gasteiger charge is 2.37. The molecule has 72 heavy (non-hydrogen) atoms. The van der Waals surface area contributed by atoms with Crippen LogP contribution >= 0.6 is 11.6 Å². The maximum absolute atomic E-state index is 15.1. The van der Waals surface area contributed by atoms with Crippen molar-refractivity contribution in [3.8, 4) is 22.3 Å². The number of amides is 4. The molecule has 3 N–H and O–H groups in total. The zero-order chi connectivity index (χ0) is 52.4. The number of nitrogens with one attached hydrogen (secondary N) is 2. The van der Waals surface area contributed by atoms with Gasteiger partial charge in [-0.15, -0.1) is 0 Å². The van der Waals surface area contributed by atoms with Gasteiger partial charge in [0.1, 0.15) is 11.6 Å². The second kappa shape index (κ2) is 24.5. The largest absolute Gasteiger partial charge is 0.444 e. The van der Waals surface area contributed by atoms with Crippen LogP contribution in [0.3, 0.4) is 0 Å². The highest BCUT2D eigenvalue weighted by atomic mass is 35.5. The summed E-state index contributed by atoms with van der Waals surface area (Å²) in [6, 6.07) is 23.6. The Morgan fingerprint density at radius 1 is 0.875 bits per heavy atom. The predicted octanol–water partition coefficient (Wildman–Crippen LogP) is 9.59. The van der Waals surface area contributed by atoms with Crippen LogP contribution in [-0.2, 0) is 35.1 Å². The van der Waals surface area contributed by atoms with Gasteiger partial charge in [0.25, 0.3) is 0 Å². The highest BCUT2D eigenvalue weighted by Crippen LogP contribution is 2.35. The van der Waals surface area contributed by atoms with Crippen LogP contribution in [0.25, 0.3) is 22.3 Å². The number of hydrogen-bond donors (Lipinski definition) is 3. The topological polar surface area (TPSA) is 179 Å². The number of rotatable bonds is 16. The quantitative estimate of drug-likeness (QED) is 0.0728. The maximum Gasteiger partial charge on any atom is 0.407 e. The molecule has 2 aliphatic rings. The van der Waals surface area contributed by atoms with Crippen LogP contribution in [-0.4, -0.2) is 100 Å². The van der Waals surface area contributed by atoms with Crippen molar-refractivity contribution in [2.45, 2.75) is 130 Å². The molecule has 4 aromatic carbocycles. The predicted molar refractivity (Wildman–Crippen MR) is 279 cm³/mol. The SMILES string of the molecule is Cc1ccc2cc1-c1cc(ccc1C)[C@H](N(C)C(=O)[C@H](CCCCNC(=O)OC(C)(C)C)CC(=O)c1ccc(-c3ccc(Cl)cc3)cc1)C(=O)C[C@@H](C)C(=O)N[C@H](C(=O)C[C@@H](C)C(=O)N1CCC[C@H]1CO)C2. The number of unbranched alkanes of at least 4 members (excludes halogenated alkanes) is 1. The molecule has 4 amide bonds. The summed E-state index contributed by atoms with van der Waals surface area (Å²) in [5, 5.41) is 16.2. The number of ether oxygens (including phenoxy) is 1. The summed E-state index contributed by atoms with van der Waals surface area (Å²) < 4.78 is 5.38. The van der Waals surface area contributed by atoms with Crippen LogP contribution in [0.4, 0.5) is 4.79 Å². The first-order valence-electron chi connectivity index (χ1n) is 25.2. The summed E-state index contributed by atoms with van der Waals surface area (Å²) in [6.07, 6.45) is 1.77. The Morgan fingerprint density at radius 2 is 1.51 bits per heavy atom. The lowest BCUT2D eigenvalue weighted by molar-refractivity contribution is -0.142. The number of carbonyl (C=O) groups excluding carboxylic acids is 7. The molecule has 2 heterocycles. The van der Waals surface area contributed by atoms with Crippen molar-refractivity contribution in [2.75, 3.05) is 26.7 Å². The molecule has 1 fully saturated rings. The number of ketones is 3. The van der Waals surface area contributed by atoms with Crippen molar-refractivity contribution in [1.82, 2.24) is 20.4 Å². The van der Waals surface area contributed by atoms with E-state index in [0.717, 1.165) is 45.4 Å². The number of aliphatic hydroxyl groups is 1. The third kappa shape index (κ3) is 14.3. The summed E-state index contributed by atoms with van der Waals surface area (Å²) in [7, 11) is 1.56. The van der Waals surface area contributed by atoms with Crippen molar-refractivity contribution in [1.29, 1.82) is 0 Å². The van der Waals surface area contributed by atoms with E-state index in [2.05, 4.69) is 10.6 Å². The smallest absolute Gasteiger partial charge is 0.407 e. The lowest BCUT2D eigenvalue weighted by atomic mass is 9.86. The first-order chi connectivity index (χ1) is 34.1. The molecule has 13 nitrogen and oxygen atoms in total. The van der Waals surface area contributed by atoms with Crippen molar-refractivity contribution in [3.63, 3.8) is 0 Å². The van der Waals surface area contributed by atoms with Gasteiger partial charge in [0.15, 0.2) is 17.3 Å². The van der Waals surface area contributed by atoms with Crippen LogP contribution in [0.2, 0.25) is 5.02 Å². The van der Waals surface area contributed by atoms with E-state index in [1.165, 1.54) is 4.90 Å². The molecule has 0 unspecified atom stereocenters. The number of carbonyl (C=O) groups is 7. The fourth-order valence-electron chi connectivity index (χ4n) is 9.82. The van der Waals surface area contributed by atoms with Gasteiger partial charge in [-0.3, -0.25) is 28.8 Å². The van der Waals surface area contributed by atoms with E-state index in [1.54, 1.807) is 70.8 Å². The third-order valence-corrected chi connectivity index (χ3v) is 14.2. The number of likely N-dealkylation sites (tertiary alicyclic amines) is 1. The van der Waals surface area contributed by atoms with Crippen LogP contribution in [0, 0.1) is 31.6 Å². The third-order valence-electron chi connectivity index (χ3n) is 13.9. The molecule has 4 bridgehead atoms. The molecule has 4 aromatic rings. The molecule has 0 radical (unpaired) electrons. The summed E-state index contributed by atoms with van der Waals surface area (Å²) in [5.41, 5.74) is 6.44. The minimum atomic E-state index is -1.15. The molecule has 0 aromatic heterocycles. The number of likely N-dealkylation sites (N-methyl/N-ethyl adjacent to an activating group) is 1. The van der Waals surface area contributed by atoms with Crippen LogP contribution in [0.5, 0.6) is 0 Å². The van der Waals surface area contributed by atoms with E-state index in [-0.39, 0.29) is 68.8 Å². The lowest BCUT2D eigenvalue weighted by Crippen LogP contribution is -2.47. The van der Waals surface area contributed by atoms with Gasteiger partial charge < -0.3 is 30.3 Å². The van der Waals surface area contributed by atoms with Crippen molar-refractivity contribution < 1.29 is 43.4 Å². The molecule has 1 saturated heterocycles. The molecule has 14 heteroatoms. The molecule has 0 spiro atoms. The Balaban J connectivity index is 1.29. The van der Waals surface area contributed by atoms with Crippen molar-refractivity contribution in [3.05, 3.63) is 118 Å². The molecule has 384 valence electrons. The van der Waals surface area contributed by atoms with Crippen molar-refractivity contribution >= 4 is 52.8 Å². The summed E-state index contributed by atoms with van der Waals surface area (Å²) in [6.45, 7) is 13.2. The second-order valence-corrected chi connectivity index (χ2v) is 21.3. The number of Topliss-reactive ketones (excluding diaryl/α,β-unsaturated/α-hetero) is 3. The summed E-state index contributed by atoms with van der Waals surface area (Å²) in [5.74, 6) is -4.59. The Bertz CT molecular complexity index is 2630. The van der Waals surface area contributed by atoms with Gasteiger partial charge in [-0.2, -0.15) is 0 Å². The summed E-state index contributed by atoms with van der Waals surface area (Å²) >= 11 is 6.11.